The third kappa shape index (κ3) is 3.02. The molecule has 0 saturated heterocycles. The Morgan fingerprint density at radius 3 is 1.00 bits per heavy atom. The number of halogens is 15. The highest BCUT2D eigenvalue weighted by atomic mass is 19.4. The monoisotopic (exact) mass is 410 g/mol. The molecule has 0 aromatic rings. The summed E-state index contributed by atoms with van der Waals surface area (Å²) in [4.78, 5) is 0. The van der Waals surface area contributed by atoms with Crippen LogP contribution in [0.4, 0.5) is 65.9 Å². The van der Waals surface area contributed by atoms with Crippen LogP contribution in [0.25, 0.3) is 0 Å². The van der Waals surface area contributed by atoms with Crippen LogP contribution in [0.1, 0.15) is 6.92 Å². The van der Waals surface area contributed by atoms with Crippen LogP contribution in [0.3, 0.4) is 0 Å². The summed E-state index contributed by atoms with van der Waals surface area (Å²) in [6.07, 6.45) is -8.85. The summed E-state index contributed by atoms with van der Waals surface area (Å²) in [5.41, 5.74) is 0. The summed E-state index contributed by atoms with van der Waals surface area (Å²) in [6, 6.07) is 0. The Bertz CT molecular complexity index is 509. The van der Waals surface area contributed by atoms with E-state index in [1.807, 2.05) is 0 Å². The van der Waals surface area contributed by atoms with Gasteiger partial charge in [-0.2, -0.15) is 65.9 Å². The molecular formula is C10H5F15. The maximum atomic E-state index is 13.0. The van der Waals surface area contributed by atoms with E-state index < -0.39 is 47.8 Å². The zero-order valence-electron chi connectivity index (χ0n) is 11.3. The quantitative estimate of drug-likeness (QED) is 0.376. The molecular weight excluding hydrogens is 405 g/mol. The first-order chi connectivity index (χ1) is 10.6. The first-order valence-corrected chi connectivity index (χ1v) is 5.53. The molecule has 0 spiro atoms. The van der Waals surface area contributed by atoms with E-state index in [-0.39, 0.29) is 6.08 Å². The van der Waals surface area contributed by atoms with Crippen LogP contribution in [0.2, 0.25) is 0 Å². The topological polar surface area (TPSA) is 0 Å². The van der Waals surface area contributed by atoms with Gasteiger partial charge in [0.25, 0.3) is 0 Å². The molecule has 0 amide bonds. The molecule has 0 radical (unpaired) electrons. The van der Waals surface area contributed by atoms with Crippen molar-refractivity contribution in [1.29, 1.82) is 0 Å². The zero-order chi connectivity index (χ0) is 20.9. The Balaban J connectivity index is 6.49. The molecule has 0 aliphatic heterocycles. The van der Waals surface area contributed by atoms with Crippen LogP contribution in [0.5, 0.6) is 0 Å². The van der Waals surface area contributed by atoms with Crippen molar-refractivity contribution in [2.24, 2.45) is 0 Å². The fourth-order valence-electron chi connectivity index (χ4n) is 1.29. The maximum Gasteiger partial charge on any atom is 0.460 e. The first kappa shape index (κ1) is 23.7. The van der Waals surface area contributed by atoms with Crippen molar-refractivity contribution in [2.75, 3.05) is 0 Å². The molecule has 0 fully saturated rings. The molecule has 0 saturated carbocycles. The largest absolute Gasteiger partial charge is 0.460 e. The Labute approximate surface area is 128 Å². The van der Waals surface area contributed by atoms with E-state index in [1.165, 1.54) is 0 Å². The molecule has 0 aliphatic carbocycles. The van der Waals surface area contributed by atoms with Gasteiger partial charge in [0.1, 0.15) is 0 Å². The van der Waals surface area contributed by atoms with E-state index in [2.05, 4.69) is 0 Å². The average Bonchev–Trinajstić information content (AvgIpc) is 2.35. The van der Waals surface area contributed by atoms with Crippen LogP contribution in [0.15, 0.2) is 12.2 Å². The normalized spacial score (nSPS) is 16.6. The zero-order valence-corrected chi connectivity index (χ0v) is 11.3. The second-order valence-corrected chi connectivity index (χ2v) is 4.49. The van der Waals surface area contributed by atoms with E-state index in [1.54, 1.807) is 0 Å². The van der Waals surface area contributed by atoms with Crippen LogP contribution < -0.4 is 0 Å². The third-order valence-corrected chi connectivity index (χ3v) is 2.73. The van der Waals surface area contributed by atoms with Crippen molar-refractivity contribution in [3.8, 4) is 0 Å². The van der Waals surface area contributed by atoms with Crippen molar-refractivity contribution in [3.05, 3.63) is 12.2 Å². The molecule has 25 heavy (non-hydrogen) atoms. The fraction of sp³-hybridized carbons (Fsp3) is 0.800. The number of hydrogen-bond acceptors (Lipinski definition) is 0. The molecule has 0 bridgehead atoms. The molecule has 0 aliphatic rings. The summed E-state index contributed by atoms with van der Waals surface area (Å²) in [5.74, 6) is -46.1. The van der Waals surface area contributed by atoms with Gasteiger partial charge in [0.15, 0.2) is 0 Å². The highest BCUT2D eigenvalue weighted by Gasteiger charge is 2.93. The summed E-state index contributed by atoms with van der Waals surface area (Å²) < 4.78 is 189. The average molecular weight is 410 g/mol. The molecule has 0 unspecified atom stereocenters. The first-order valence-electron chi connectivity index (χ1n) is 5.53. The Morgan fingerprint density at radius 2 is 0.720 bits per heavy atom. The van der Waals surface area contributed by atoms with Gasteiger partial charge in [-0.15, -0.1) is 0 Å². The van der Waals surface area contributed by atoms with Crippen LogP contribution >= 0.6 is 0 Å². The van der Waals surface area contributed by atoms with Crippen LogP contribution in [-0.2, 0) is 0 Å². The van der Waals surface area contributed by atoms with E-state index in [9.17, 15) is 65.9 Å². The Morgan fingerprint density at radius 1 is 0.440 bits per heavy atom. The highest BCUT2D eigenvalue weighted by Crippen LogP contribution is 2.62. The van der Waals surface area contributed by atoms with Crippen molar-refractivity contribution in [1.82, 2.24) is 0 Å². The lowest BCUT2D eigenvalue weighted by atomic mass is 9.91. The minimum atomic E-state index is -8.23. The van der Waals surface area contributed by atoms with Crippen LogP contribution in [0, 0.1) is 0 Å². The van der Waals surface area contributed by atoms with Crippen LogP contribution in [-0.4, -0.2) is 41.7 Å². The standard InChI is InChI=1S/C10H5F15/c1-2-3-4(11,12)5(13,14)6(15,16)7(17,18)8(19,20)9(21,22)10(23,24)25/h2-3H,1H3/b3-2+. The van der Waals surface area contributed by atoms with E-state index in [4.69, 9.17) is 0 Å². The smallest absolute Gasteiger partial charge is 0.195 e. The molecule has 0 atom stereocenters. The maximum absolute atomic E-state index is 13.0. The van der Waals surface area contributed by atoms with Gasteiger partial charge in [-0.1, -0.05) is 6.08 Å². The van der Waals surface area contributed by atoms with Gasteiger partial charge in [0, 0.05) is 0 Å². The summed E-state index contributed by atoms with van der Waals surface area (Å²) in [6.45, 7) is 0.479. The van der Waals surface area contributed by atoms with Gasteiger partial charge in [-0.3, -0.25) is 0 Å². The number of rotatable bonds is 6. The lowest BCUT2D eigenvalue weighted by Crippen LogP contribution is -2.72. The number of allylic oxidation sites excluding steroid dienone is 2. The molecule has 0 aromatic heterocycles. The number of hydrogen-bond donors (Lipinski definition) is 0. The molecule has 0 heterocycles. The van der Waals surface area contributed by atoms with E-state index in [0.29, 0.717) is 6.92 Å². The molecule has 150 valence electrons. The van der Waals surface area contributed by atoms with Gasteiger partial charge < -0.3 is 0 Å². The highest BCUT2D eigenvalue weighted by molar-refractivity contribution is 5.16. The predicted molar refractivity (Wildman–Crippen MR) is 50.6 cm³/mol. The second-order valence-electron chi connectivity index (χ2n) is 4.49. The molecule has 0 rings (SSSR count). The van der Waals surface area contributed by atoms with Gasteiger partial charge in [-0.25, -0.2) is 0 Å². The summed E-state index contributed by atoms with van der Waals surface area (Å²) >= 11 is 0. The van der Waals surface area contributed by atoms with Crippen molar-refractivity contribution >= 4 is 0 Å². The number of alkyl halides is 15. The molecule has 0 aromatic carbocycles. The molecule has 0 N–H and O–H groups in total. The molecule has 15 heteroatoms. The van der Waals surface area contributed by atoms with Gasteiger partial charge in [0.2, 0.25) is 0 Å². The van der Waals surface area contributed by atoms with Gasteiger partial charge in [-0.05, 0) is 13.0 Å². The van der Waals surface area contributed by atoms with Gasteiger partial charge in [0.05, 0.1) is 0 Å². The van der Waals surface area contributed by atoms with Crippen molar-refractivity contribution in [3.63, 3.8) is 0 Å². The second kappa shape index (κ2) is 5.86. The minimum Gasteiger partial charge on any atom is -0.195 e. The summed E-state index contributed by atoms with van der Waals surface area (Å²) in [5, 5.41) is 0. The van der Waals surface area contributed by atoms with Gasteiger partial charge >= 0.3 is 41.7 Å². The van der Waals surface area contributed by atoms with E-state index in [0.717, 1.165) is 0 Å². The minimum absolute atomic E-state index is 0.107. The Kier molecular flexibility index (Phi) is 5.55. The molecule has 0 nitrogen and oxygen atoms in total. The van der Waals surface area contributed by atoms with Crippen molar-refractivity contribution < 1.29 is 65.9 Å². The lowest BCUT2D eigenvalue weighted by molar-refractivity contribution is -0.449. The third-order valence-electron chi connectivity index (χ3n) is 2.73. The SMILES string of the molecule is C/C=C/C(F)(F)C(F)(F)C(F)(F)C(F)(F)C(F)(F)C(F)(F)C(F)(F)F. The van der Waals surface area contributed by atoms with E-state index >= 15 is 0 Å². The Hall–Kier alpha value is -1.31. The fourth-order valence-corrected chi connectivity index (χ4v) is 1.29. The van der Waals surface area contributed by atoms with Crippen molar-refractivity contribution in [2.45, 2.75) is 48.6 Å². The summed E-state index contributed by atoms with van der Waals surface area (Å²) in [7, 11) is 0. The predicted octanol–water partition coefficient (Wildman–Crippen LogP) is 5.94. The lowest BCUT2D eigenvalue weighted by Gasteiger charge is -2.41.